The molecular weight excluding hydrogens is 713 g/mol. The van der Waals surface area contributed by atoms with Gasteiger partial charge in [0.05, 0.1) is 48.4 Å². The lowest BCUT2D eigenvalue weighted by molar-refractivity contribution is -0.135. The van der Waals surface area contributed by atoms with Crippen LogP contribution in [0.5, 0.6) is 0 Å². The zero-order chi connectivity index (χ0) is 39.5. The molecule has 2 aliphatic heterocycles. The number of methoxy groups -OCH3 is 2. The van der Waals surface area contributed by atoms with Crippen molar-refractivity contribution in [3.05, 3.63) is 72.3 Å². The molecule has 4 N–H and O–H groups in total. The van der Waals surface area contributed by atoms with Gasteiger partial charge in [-0.3, -0.25) is 9.59 Å². The lowest BCUT2D eigenvalue weighted by Crippen LogP contribution is -2.51. The summed E-state index contributed by atoms with van der Waals surface area (Å²) < 4.78 is 9.46. The molecule has 14 heteroatoms. The van der Waals surface area contributed by atoms with Gasteiger partial charge in [0.2, 0.25) is 11.8 Å². The number of carbonyl (C=O) groups excluding carboxylic acids is 4. The van der Waals surface area contributed by atoms with E-state index in [4.69, 9.17) is 25.9 Å². The predicted octanol–water partition coefficient (Wildman–Crippen LogP) is 6.23. The number of nitrogens with zero attached hydrogens (tertiary/aromatic N) is 4. The highest BCUT2D eigenvalue weighted by molar-refractivity contribution is 5.88. The zero-order valence-electron chi connectivity index (χ0n) is 31.9. The van der Waals surface area contributed by atoms with Crippen LogP contribution in [0.2, 0.25) is 0 Å². The van der Waals surface area contributed by atoms with E-state index in [1.54, 1.807) is 4.90 Å². The van der Waals surface area contributed by atoms with E-state index in [0.717, 1.165) is 75.8 Å². The van der Waals surface area contributed by atoms with Crippen LogP contribution in [0.15, 0.2) is 60.7 Å². The van der Waals surface area contributed by atoms with E-state index in [0.29, 0.717) is 18.9 Å². The third-order valence-electron chi connectivity index (χ3n) is 10.7. The summed E-state index contributed by atoms with van der Waals surface area (Å²) in [6.07, 6.45) is 7.38. The first-order valence-corrected chi connectivity index (χ1v) is 18.9. The molecule has 7 rings (SSSR count). The second-order valence-corrected chi connectivity index (χ2v) is 14.6. The second kappa shape index (κ2) is 16.2. The van der Waals surface area contributed by atoms with E-state index in [1.807, 2.05) is 43.0 Å². The van der Waals surface area contributed by atoms with Gasteiger partial charge >= 0.3 is 12.2 Å². The van der Waals surface area contributed by atoms with Gasteiger partial charge in [-0.1, -0.05) is 50.2 Å². The third-order valence-corrected chi connectivity index (χ3v) is 10.7. The van der Waals surface area contributed by atoms with Crippen molar-refractivity contribution in [3.63, 3.8) is 0 Å². The largest absolute Gasteiger partial charge is 0.453 e. The molecule has 3 aromatic carbocycles. The molecule has 2 aliphatic rings. The van der Waals surface area contributed by atoms with E-state index >= 15 is 0 Å². The fourth-order valence-electron chi connectivity index (χ4n) is 7.82. The lowest BCUT2D eigenvalue weighted by Gasteiger charge is -2.29. The number of aromatic amines is 2. The van der Waals surface area contributed by atoms with Gasteiger partial charge in [0, 0.05) is 19.5 Å². The Labute approximate surface area is 324 Å². The van der Waals surface area contributed by atoms with Crippen LogP contribution in [0.1, 0.15) is 69.7 Å². The molecule has 2 saturated heterocycles. The normalized spacial score (nSPS) is 17.9. The van der Waals surface area contributed by atoms with E-state index in [9.17, 15) is 19.2 Å². The van der Waals surface area contributed by atoms with Crippen LogP contribution in [0.4, 0.5) is 9.59 Å². The van der Waals surface area contributed by atoms with Crippen molar-refractivity contribution in [2.45, 2.75) is 70.1 Å². The van der Waals surface area contributed by atoms with E-state index in [2.05, 4.69) is 62.9 Å². The molecule has 2 aromatic heterocycles. The molecule has 4 atom stereocenters. The van der Waals surface area contributed by atoms with Crippen molar-refractivity contribution in [2.24, 2.45) is 5.92 Å². The van der Waals surface area contributed by atoms with Gasteiger partial charge in [0.15, 0.2) is 0 Å². The first-order valence-electron chi connectivity index (χ1n) is 18.9. The monoisotopic (exact) mass is 758 g/mol. The maximum atomic E-state index is 13.6. The Balaban J connectivity index is 1.06. The molecule has 2 fully saturated rings. The Hall–Kier alpha value is -6.36. The summed E-state index contributed by atoms with van der Waals surface area (Å²) in [5.74, 6) is 3.38. The minimum Gasteiger partial charge on any atom is -0.453 e. The first-order chi connectivity index (χ1) is 27.1. The standard InChI is InChI=1S/C42H46N8O6/c1-6-9-31(47-41(53)55-4)39(51)49-20-7-10-34(49)37-43-29-18-16-27(22-32(29)45-37)25-12-14-26(15-13-25)28-17-19-30-33(23-28)46-38(44-30)35-11-8-21-50(35)40(52)36(24(2)3)48-42(54)56-5/h1,12-19,22-24,31,34-36H,7-11,20-21H2,2-5H3,(H,43,45)(H,44,46)(H,47,53)(H,48,54). The molecule has 4 heterocycles. The number of aromatic nitrogens is 4. The number of ether oxygens (including phenoxy) is 2. The number of H-pyrrole nitrogens is 2. The van der Waals surface area contributed by atoms with Crippen molar-refractivity contribution in [3.8, 4) is 34.6 Å². The smallest absolute Gasteiger partial charge is 0.407 e. The van der Waals surface area contributed by atoms with Crippen LogP contribution < -0.4 is 10.6 Å². The molecular formula is C42H46N8O6. The molecule has 4 unspecified atom stereocenters. The fourth-order valence-corrected chi connectivity index (χ4v) is 7.82. The minimum absolute atomic E-state index is 0.0553. The van der Waals surface area contributed by atoms with E-state index in [-0.39, 0.29) is 36.2 Å². The summed E-state index contributed by atoms with van der Waals surface area (Å²) in [6.45, 7) is 4.92. The first kappa shape index (κ1) is 37.9. The molecule has 0 saturated carbocycles. The fraction of sp³-hybridized carbons (Fsp3) is 0.381. The highest BCUT2D eigenvalue weighted by Crippen LogP contribution is 2.35. The van der Waals surface area contributed by atoms with Crippen molar-refractivity contribution in [1.29, 1.82) is 0 Å². The highest BCUT2D eigenvalue weighted by Gasteiger charge is 2.38. The van der Waals surface area contributed by atoms with Gasteiger partial charge in [-0.25, -0.2) is 19.6 Å². The van der Waals surface area contributed by atoms with Crippen molar-refractivity contribution in [2.75, 3.05) is 27.3 Å². The van der Waals surface area contributed by atoms with Crippen LogP contribution in [0, 0.1) is 18.3 Å². The van der Waals surface area contributed by atoms with Crippen molar-refractivity contribution < 1.29 is 28.7 Å². The average Bonchev–Trinajstić information content (AvgIpc) is 4.04. The van der Waals surface area contributed by atoms with Gasteiger partial charge < -0.3 is 39.9 Å². The Kier molecular flexibility index (Phi) is 10.9. The number of fused-ring (bicyclic) bond motifs is 2. The molecule has 56 heavy (non-hydrogen) atoms. The molecule has 14 nitrogen and oxygen atoms in total. The Bertz CT molecular complexity index is 2310. The third kappa shape index (κ3) is 7.62. The van der Waals surface area contributed by atoms with Gasteiger partial charge in [-0.2, -0.15) is 0 Å². The number of nitrogens with one attached hydrogen (secondary N) is 4. The number of rotatable bonds is 10. The highest BCUT2D eigenvalue weighted by atomic mass is 16.5. The minimum atomic E-state index is -0.882. The number of benzene rings is 3. The zero-order valence-corrected chi connectivity index (χ0v) is 31.9. The summed E-state index contributed by atoms with van der Waals surface area (Å²) in [6, 6.07) is 18.5. The topological polar surface area (TPSA) is 175 Å². The number of carbonyl (C=O) groups is 4. The Morgan fingerprint density at radius 1 is 0.750 bits per heavy atom. The summed E-state index contributed by atoms with van der Waals surface area (Å²) in [4.78, 5) is 71.1. The molecule has 0 radical (unpaired) electrons. The van der Waals surface area contributed by atoms with Gasteiger partial charge in [0.25, 0.3) is 0 Å². The summed E-state index contributed by atoms with van der Waals surface area (Å²) in [7, 11) is 2.53. The van der Waals surface area contributed by atoms with Crippen molar-refractivity contribution in [1.82, 2.24) is 40.4 Å². The summed E-state index contributed by atoms with van der Waals surface area (Å²) in [5.41, 5.74) is 7.46. The summed E-state index contributed by atoms with van der Waals surface area (Å²) in [5, 5.41) is 5.26. The SMILES string of the molecule is C#CCC(NC(=O)OC)C(=O)N1CCCC1c1nc2ccc(-c3ccc(-c4ccc5nc(C6CCCN6C(=O)C(NC(=O)OC)C(C)C)[nH]c5c4)cc3)cc2[nH]1. The Morgan fingerprint density at radius 3 is 1.68 bits per heavy atom. The maximum absolute atomic E-state index is 13.6. The van der Waals surface area contributed by atoms with Gasteiger partial charge in [0.1, 0.15) is 23.7 Å². The maximum Gasteiger partial charge on any atom is 0.407 e. The lowest BCUT2D eigenvalue weighted by atomic mass is 10.00. The molecule has 0 bridgehead atoms. The van der Waals surface area contributed by atoms with Crippen LogP contribution in [0.3, 0.4) is 0 Å². The molecule has 5 aromatic rings. The average molecular weight is 759 g/mol. The molecule has 0 spiro atoms. The Morgan fingerprint density at radius 2 is 1.21 bits per heavy atom. The van der Waals surface area contributed by atoms with Gasteiger partial charge in [-0.05, 0) is 78.1 Å². The quantitative estimate of drug-likeness (QED) is 0.121. The molecule has 290 valence electrons. The number of hydrogen-bond acceptors (Lipinski definition) is 8. The van der Waals surface area contributed by atoms with Crippen LogP contribution >= 0.6 is 0 Å². The predicted molar refractivity (Wildman–Crippen MR) is 211 cm³/mol. The molecule has 4 amide bonds. The van der Waals surface area contributed by atoms with Crippen LogP contribution in [0.25, 0.3) is 44.3 Å². The van der Waals surface area contributed by atoms with E-state index in [1.165, 1.54) is 14.2 Å². The number of amides is 4. The van der Waals surface area contributed by atoms with Crippen LogP contribution in [-0.4, -0.2) is 93.1 Å². The van der Waals surface area contributed by atoms with Gasteiger partial charge in [-0.15, -0.1) is 12.3 Å². The number of imidazole rings is 2. The number of alkyl carbamates (subject to hydrolysis) is 2. The molecule has 0 aliphatic carbocycles. The number of terminal acetylenes is 1. The number of hydrogen-bond donors (Lipinski definition) is 4. The van der Waals surface area contributed by atoms with Crippen LogP contribution in [-0.2, 0) is 19.1 Å². The van der Waals surface area contributed by atoms with E-state index < -0.39 is 24.3 Å². The summed E-state index contributed by atoms with van der Waals surface area (Å²) >= 11 is 0. The van der Waals surface area contributed by atoms with Crippen molar-refractivity contribution >= 4 is 46.1 Å². The number of likely N-dealkylation sites (tertiary alicyclic amines) is 2. The second-order valence-electron chi connectivity index (χ2n) is 14.6.